The fraction of sp³-hybridized carbons (Fsp3) is 0.300. The van der Waals surface area contributed by atoms with Gasteiger partial charge in [0, 0.05) is 12.6 Å². The topological polar surface area (TPSA) is 67.9 Å². The molecule has 0 bridgehead atoms. The van der Waals surface area contributed by atoms with E-state index in [-0.39, 0.29) is 18.4 Å². The van der Waals surface area contributed by atoms with Gasteiger partial charge in [-0.2, -0.15) is 0 Å². The van der Waals surface area contributed by atoms with E-state index in [1.54, 1.807) is 56.3 Å². The molecular weight excluding hydrogens is 403 g/mol. The molecule has 0 aliphatic carbocycles. The third-order valence-electron chi connectivity index (χ3n) is 3.96. The zero-order chi connectivity index (χ0) is 20.7. The molecule has 0 spiro atoms. The summed E-state index contributed by atoms with van der Waals surface area (Å²) < 4.78 is 10.9. The van der Waals surface area contributed by atoms with Crippen molar-refractivity contribution in [2.45, 2.75) is 20.0 Å². The van der Waals surface area contributed by atoms with Gasteiger partial charge in [0.05, 0.1) is 29.4 Å². The Bertz CT molecular complexity index is 845. The van der Waals surface area contributed by atoms with E-state index in [1.807, 2.05) is 0 Å². The molecule has 2 amide bonds. The number of ether oxygens (including phenoxy) is 2. The minimum Gasteiger partial charge on any atom is -0.495 e. The number of nitrogens with one attached hydrogen (secondary N) is 1. The first kappa shape index (κ1) is 21.9. The summed E-state index contributed by atoms with van der Waals surface area (Å²) in [5.41, 5.74) is 0.540. The highest BCUT2D eigenvalue weighted by molar-refractivity contribution is 6.42. The van der Waals surface area contributed by atoms with E-state index in [2.05, 4.69) is 5.32 Å². The van der Waals surface area contributed by atoms with Crippen molar-refractivity contribution >= 4 is 40.7 Å². The second-order valence-corrected chi connectivity index (χ2v) is 6.75. The summed E-state index contributed by atoms with van der Waals surface area (Å²) in [4.78, 5) is 26.5. The van der Waals surface area contributed by atoms with Crippen LogP contribution in [0.25, 0.3) is 0 Å². The van der Waals surface area contributed by atoms with Crippen molar-refractivity contribution < 1.29 is 19.1 Å². The van der Waals surface area contributed by atoms with Crippen molar-refractivity contribution in [2.24, 2.45) is 0 Å². The van der Waals surface area contributed by atoms with E-state index in [4.69, 9.17) is 32.7 Å². The maximum absolute atomic E-state index is 12.7. The summed E-state index contributed by atoms with van der Waals surface area (Å²) in [6, 6.07) is 11.8. The molecular formula is C20H22Cl2N2O4. The molecule has 8 heteroatoms. The van der Waals surface area contributed by atoms with Gasteiger partial charge < -0.3 is 19.7 Å². The van der Waals surface area contributed by atoms with Gasteiger partial charge in [0.1, 0.15) is 11.5 Å². The number of nitrogens with zero attached hydrogens (tertiary/aromatic N) is 1. The summed E-state index contributed by atoms with van der Waals surface area (Å²) >= 11 is 11.8. The van der Waals surface area contributed by atoms with E-state index in [0.29, 0.717) is 33.8 Å². The van der Waals surface area contributed by atoms with E-state index in [0.717, 1.165) is 0 Å². The van der Waals surface area contributed by atoms with Gasteiger partial charge in [-0.15, -0.1) is 0 Å². The SMILES string of the molecule is CCN(CC(=O)Nc1ccccc1OC)C(=O)C(C)Oc1ccc(Cl)c(Cl)c1. The maximum Gasteiger partial charge on any atom is 0.263 e. The van der Waals surface area contributed by atoms with Crippen molar-refractivity contribution in [3.63, 3.8) is 0 Å². The molecule has 2 aromatic carbocycles. The van der Waals surface area contributed by atoms with Crippen LogP contribution >= 0.6 is 23.2 Å². The predicted octanol–water partition coefficient (Wildman–Crippen LogP) is 4.26. The molecule has 1 atom stereocenters. The van der Waals surface area contributed by atoms with Gasteiger partial charge in [0.25, 0.3) is 5.91 Å². The van der Waals surface area contributed by atoms with Crippen LogP contribution in [0.4, 0.5) is 5.69 Å². The lowest BCUT2D eigenvalue weighted by molar-refractivity contribution is -0.140. The molecule has 6 nitrogen and oxygen atoms in total. The van der Waals surface area contributed by atoms with Gasteiger partial charge in [-0.1, -0.05) is 35.3 Å². The Labute approximate surface area is 174 Å². The van der Waals surface area contributed by atoms with Crippen LogP contribution in [0.5, 0.6) is 11.5 Å². The third kappa shape index (κ3) is 5.78. The monoisotopic (exact) mass is 424 g/mol. The highest BCUT2D eigenvalue weighted by Gasteiger charge is 2.23. The zero-order valence-corrected chi connectivity index (χ0v) is 17.4. The Balaban J connectivity index is 1.99. The van der Waals surface area contributed by atoms with Crippen molar-refractivity contribution in [3.8, 4) is 11.5 Å². The van der Waals surface area contributed by atoms with Crippen LogP contribution in [0.15, 0.2) is 42.5 Å². The number of carbonyl (C=O) groups is 2. The summed E-state index contributed by atoms with van der Waals surface area (Å²) in [5, 5.41) is 3.49. The van der Waals surface area contributed by atoms with E-state index >= 15 is 0 Å². The second kappa shape index (κ2) is 10.2. The maximum atomic E-state index is 12.7. The smallest absolute Gasteiger partial charge is 0.263 e. The normalized spacial score (nSPS) is 11.5. The number of anilines is 1. The van der Waals surface area contributed by atoms with E-state index in [1.165, 1.54) is 12.0 Å². The lowest BCUT2D eigenvalue weighted by atomic mass is 10.2. The highest BCUT2D eigenvalue weighted by Crippen LogP contribution is 2.27. The first-order valence-corrected chi connectivity index (χ1v) is 9.44. The van der Waals surface area contributed by atoms with Crippen LogP contribution in [0.2, 0.25) is 10.0 Å². The summed E-state index contributed by atoms with van der Waals surface area (Å²) in [7, 11) is 1.52. The first-order valence-electron chi connectivity index (χ1n) is 8.69. The molecule has 2 rings (SSSR count). The molecule has 1 unspecified atom stereocenters. The van der Waals surface area contributed by atoms with E-state index < -0.39 is 6.10 Å². The number of hydrogen-bond acceptors (Lipinski definition) is 4. The Morgan fingerprint density at radius 2 is 1.86 bits per heavy atom. The number of rotatable bonds is 8. The molecule has 0 saturated heterocycles. The van der Waals surface area contributed by atoms with Crippen LogP contribution in [-0.4, -0.2) is 43.0 Å². The minimum absolute atomic E-state index is 0.109. The molecule has 150 valence electrons. The molecule has 0 radical (unpaired) electrons. The summed E-state index contributed by atoms with van der Waals surface area (Å²) in [6.07, 6.45) is -0.795. The van der Waals surface area contributed by atoms with Gasteiger partial charge in [-0.3, -0.25) is 9.59 Å². The van der Waals surface area contributed by atoms with Crippen LogP contribution in [0, 0.1) is 0 Å². The third-order valence-corrected chi connectivity index (χ3v) is 4.70. The Morgan fingerprint density at radius 1 is 1.14 bits per heavy atom. The quantitative estimate of drug-likeness (QED) is 0.687. The highest BCUT2D eigenvalue weighted by atomic mass is 35.5. The van der Waals surface area contributed by atoms with Crippen molar-refractivity contribution in [1.82, 2.24) is 4.90 Å². The molecule has 0 aliphatic heterocycles. The Morgan fingerprint density at radius 3 is 2.50 bits per heavy atom. The van der Waals surface area contributed by atoms with Crippen LogP contribution in [-0.2, 0) is 9.59 Å². The van der Waals surface area contributed by atoms with Crippen LogP contribution in [0.1, 0.15) is 13.8 Å². The number of hydrogen-bond donors (Lipinski definition) is 1. The Hall–Kier alpha value is -2.44. The predicted molar refractivity (Wildman–Crippen MR) is 110 cm³/mol. The van der Waals surface area contributed by atoms with Crippen molar-refractivity contribution in [3.05, 3.63) is 52.5 Å². The Kier molecular flexibility index (Phi) is 7.96. The van der Waals surface area contributed by atoms with E-state index in [9.17, 15) is 9.59 Å². The van der Waals surface area contributed by atoms with Crippen LogP contribution < -0.4 is 14.8 Å². The van der Waals surface area contributed by atoms with Gasteiger partial charge in [0.15, 0.2) is 6.10 Å². The molecule has 0 fully saturated rings. The second-order valence-electron chi connectivity index (χ2n) is 5.94. The number of benzene rings is 2. The molecule has 0 heterocycles. The summed E-state index contributed by atoms with van der Waals surface area (Å²) in [6.45, 7) is 3.65. The fourth-order valence-electron chi connectivity index (χ4n) is 2.52. The van der Waals surface area contributed by atoms with Gasteiger partial charge >= 0.3 is 0 Å². The first-order chi connectivity index (χ1) is 13.3. The van der Waals surface area contributed by atoms with Gasteiger partial charge in [-0.05, 0) is 38.1 Å². The molecule has 28 heavy (non-hydrogen) atoms. The lowest BCUT2D eigenvalue weighted by Crippen LogP contribution is -2.44. The number of para-hydroxylation sites is 2. The van der Waals surface area contributed by atoms with Crippen LogP contribution in [0.3, 0.4) is 0 Å². The lowest BCUT2D eigenvalue weighted by Gasteiger charge is -2.24. The fourth-order valence-corrected chi connectivity index (χ4v) is 2.81. The molecule has 0 aliphatic rings. The molecule has 2 aromatic rings. The molecule has 1 N–H and O–H groups in total. The number of carbonyl (C=O) groups excluding carboxylic acids is 2. The van der Waals surface area contributed by atoms with Crippen molar-refractivity contribution in [1.29, 1.82) is 0 Å². The minimum atomic E-state index is -0.795. The summed E-state index contributed by atoms with van der Waals surface area (Å²) in [5.74, 6) is 0.316. The standard InChI is InChI=1S/C20H22Cl2N2O4/c1-4-24(12-19(25)23-17-7-5-6-8-18(17)27-3)20(26)13(2)28-14-9-10-15(21)16(22)11-14/h5-11,13H,4,12H2,1-3H3,(H,23,25). The number of methoxy groups -OCH3 is 1. The zero-order valence-electron chi connectivity index (χ0n) is 15.9. The van der Waals surface area contributed by atoms with Crippen molar-refractivity contribution in [2.75, 3.05) is 25.5 Å². The molecule has 0 aromatic heterocycles. The average Bonchev–Trinajstić information content (AvgIpc) is 2.68. The number of amides is 2. The van der Waals surface area contributed by atoms with Gasteiger partial charge in [-0.25, -0.2) is 0 Å². The molecule has 0 saturated carbocycles. The average molecular weight is 425 g/mol. The number of halogens is 2. The van der Waals surface area contributed by atoms with Gasteiger partial charge in [0.2, 0.25) is 5.91 Å². The number of likely N-dealkylation sites (N-methyl/N-ethyl adjacent to an activating group) is 1. The largest absolute Gasteiger partial charge is 0.495 e.